The van der Waals surface area contributed by atoms with Crippen LogP contribution < -0.4 is 10.1 Å². The van der Waals surface area contributed by atoms with Crippen molar-refractivity contribution in [3.63, 3.8) is 0 Å². The molecule has 0 unspecified atom stereocenters. The van der Waals surface area contributed by atoms with Gasteiger partial charge in [-0.05, 0) is 61.7 Å². The maximum absolute atomic E-state index is 12.9. The van der Waals surface area contributed by atoms with Crippen LogP contribution in [0.2, 0.25) is 0 Å². The SMILES string of the molecule is Cc1ccc(S(=O)(=O)N2CCCCC2)cc1NC(=O)COc1ccc(S(C)(=O)=O)cc1. The maximum atomic E-state index is 12.9. The second kappa shape index (κ2) is 9.37. The van der Waals surface area contributed by atoms with Gasteiger partial charge in [-0.3, -0.25) is 4.79 Å². The van der Waals surface area contributed by atoms with E-state index >= 15 is 0 Å². The minimum Gasteiger partial charge on any atom is -0.484 e. The van der Waals surface area contributed by atoms with Crippen molar-refractivity contribution < 1.29 is 26.4 Å². The number of anilines is 1. The number of hydrogen-bond acceptors (Lipinski definition) is 6. The standard InChI is InChI=1S/C21H26N2O6S2/c1-16-6-9-19(31(27,28)23-12-4-3-5-13-23)14-20(16)22-21(24)15-29-17-7-10-18(11-8-17)30(2,25)26/h6-11,14H,3-5,12-13,15H2,1-2H3,(H,22,24). The lowest BCUT2D eigenvalue weighted by molar-refractivity contribution is -0.118. The molecule has 0 aromatic heterocycles. The molecule has 1 aliphatic rings. The molecule has 1 fully saturated rings. The van der Waals surface area contributed by atoms with E-state index in [1.807, 2.05) is 0 Å². The fourth-order valence-electron chi connectivity index (χ4n) is 3.27. The Balaban J connectivity index is 1.66. The van der Waals surface area contributed by atoms with Crippen molar-refractivity contribution in [3.8, 4) is 5.75 Å². The second-order valence-corrected chi connectivity index (χ2v) is 11.5. The first kappa shape index (κ1) is 23.2. The van der Waals surface area contributed by atoms with Gasteiger partial charge in [-0.25, -0.2) is 16.8 Å². The van der Waals surface area contributed by atoms with Crippen molar-refractivity contribution in [2.45, 2.75) is 36.0 Å². The summed E-state index contributed by atoms with van der Waals surface area (Å²) in [5.74, 6) is -0.108. The fourth-order valence-corrected chi connectivity index (χ4v) is 5.44. The van der Waals surface area contributed by atoms with Crippen LogP contribution >= 0.6 is 0 Å². The van der Waals surface area contributed by atoms with Crippen LogP contribution in [0.3, 0.4) is 0 Å². The van der Waals surface area contributed by atoms with Gasteiger partial charge in [0.1, 0.15) is 5.75 Å². The molecule has 0 bridgehead atoms. The van der Waals surface area contributed by atoms with Gasteiger partial charge in [0, 0.05) is 25.0 Å². The Morgan fingerprint density at radius 3 is 2.19 bits per heavy atom. The summed E-state index contributed by atoms with van der Waals surface area (Å²) in [6.45, 7) is 2.48. The number of piperidine rings is 1. The van der Waals surface area contributed by atoms with Crippen molar-refractivity contribution in [3.05, 3.63) is 48.0 Å². The number of carbonyl (C=O) groups is 1. The molecule has 2 aromatic rings. The quantitative estimate of drug-likeness (QED) is 0.672. The number of amides is 1. The molecular weight excluding hydrogens is 440 g/mol. The summed E-state index contributed by atoms with van der Waals surface area (Å²) >= 11 is 0. The van der Waals surface area contributed by atoms with Crippen LogP contribution in [0.15, 0.2) is 52.3 Å². The molecule has 168 valence electrons. The highest BCUT2D eigenvalue weighted by atomic mass is 32.2. The first-order chi connectivity index (χ1) is 14.6. The van der Waals surface area contributed by atoms with E-state index < -0.39 is 25.8 Å². The molecule has 1 N–H and O–H groups in total. The second-order valence-electron chi connectivity index (χ2n) is 7.52. The summed E-state index contributed by atoms with van der Waals surface area (Å²) in [6, 6.07) is 10.4. The Hall–Kier alpha value is -2.43. The van der Waals surface area contributed by atoms with Gasteiger partial charge in [-0.2, -0.15) is 4.31 Å². The zero-order chi connectivity index (χ0) is 22.6. The van der Waals surface area contributed by atoms with Gasteiger partial charge in [-0.1, -0.05) is 12.5 Å². The van der Waals surface area contributed by atoms with Crippen molar-refractivity contribution in [1.29, 1.82) is 0 Å². The molecule has 1 amide bonds. The number of carbonyl (C=O) groups excluding carboxylic acids is 1. The van der Waals surface area contributed by atoms with E-state index in [0.717, 1.165) is 31.1 Å². The molecule has 8 nitrogen and oxygen atoms in total. The van der Waals surface area contributed by atoms with E-state index in [1.165, 1.54) is 34.6 Å². The lowest BCUT2D eigenvalue weighted by Crippen LogP contribution is -2.35. The minimum atomic E-state index is -3.61. The molecule has 1 aliphatic heterocycles. The average molecular weight is 467 g/mol. The summed E-state index contributed by atoms with van der Waals surface area (Å²) in [6.07, 6.45) is 3.82. The van der Waals surface area contributed by atoms with Crippen LogP contribution in [0.5, 0.6) is 5.75 Å². The van der Waals surface area contributed by atoms with Gasteiger partial charge in [-0.15, -0.1) is 0 Å². The normalized spacial score (nSPS) is 15.4. The zero-order valence-corrected chi connectivity index (χ0v) is 19.1. The summed E-state index contributed by atoms with van der Waals surface area (Å²) in [7, 11) is -6.92. The van der Waals surface area contributed by atoms with Crippen molar-refractivity contribution in [2.24, 2.45) is 0 Å². The van der Waals surface area contributed by atoms with Crippen LogP contribution in [0.25, 0.3) is 0 Å². The molecule has 0 radical (unpaired) electrons. The Morgan fingerprint density at radius 1 is 0.968 bits per heavy atom. The highest BCUT2D eigenvalue weighted by Crippen LogP contribution is 2.25. The van der Waals surface area contributed by atoms with Gasteiger partial charge in [0.25, 0.3) is 5.91 Å². The molecule has 0 saturated carbocycles. The molecular formula is C21H26N2O6S2. The predicted molar refractivity (Wildman–Crippen MR) is 117 cm³/mol. The number of benzene rings is 2. The number of sulfonamides is 1. The van der Waals surface area contributed by atoms with Crippen molar-refractivity contribution >= 4 is 31.5 Å². The highest BCUT2D eigenvalue weighted by molar-refractivity contribution is 7.90. The molecule has 3 rings (SSSR count). The Labute approximate surface area is 183 Å². The van der Waals surface area contributed by atoms with E-state index in [4.69, 9.17) is 4.74 Å². The Kier molecular flexibility index (Phi) is 7.03. The van der Waals surface area contributed by atoms with Crippen molar-refractivity contribution in [2.75, 3.05) is 31.3 Å². The third kappa shape index (κ3) is 5.84. The number of rotatable bonds is 7. The topological polar surface area (TPSA) is 110 Å². The van der Waals surface area contributed by atoms with E-state index in [9.17, 15) is 21.6 Å². The first-order valence-electron chi connectivity index (χ1n) is 9.91. The van der Waals surface area contributed by atoms with E-state index in [-0.39, 0.29) is 16.4 Å². The summed E-state index contributed by atoms with van der Waals surface area (Å²) in [4.78, 5) is 12.6. The summed E-state index contributed by atoms with van der Waals surface area (Å²) in [5, 5.41) is 2.69. The largest absolute Gasteiger partial charge is 0.484 e. The molecule has 0 aliphatic carbocycles. The zero-order valence-electron chi connectivity index (χ0n) is 17.5. The third-order valence-corrected chi connectivity index (χ3v) is 8.08. The van der Waals surface area contributed by atoms with Crippen LogP contribution in [0.1, 0.15) is 24.8 Å². The van der Waals surface area contributed by atoms with Crippen LogP contribution in [0.4, 0.5) is 5.69 Å². The molecule has 0 atom stereocenters. The van der Waals surface area contributed by atoms with Crippen LogP contribution in [-0.4, -0.2) is 53.0 Å². The maximum Gasteiger partial charge on any atom is 0.262 e. The number of sulfone groups is 1. The van der Waals surface area contributed by atoms with Crippen molar-refractivity contribution in [1.82, 2.24) is 4.31 Å². The molecule has 2 aromatic carbocycles. The minimum absolute atomic E-state index is 0.146. The molecule has 1 heterocycles. The smallest absolute Gasteiger partial charge is 0.262 e. The Bertz CT molecular complexity index is 1150. The summed E-state index contributed by atoms with van der Waals surface area (Å²) in [5.41, 5.74) is 1.13. The Morgan fingerprint density at radius 2 is 1.58 bits per heavy atom. The van der Waals surface area contributed by atoms with E-state index in [2.05, 4.69) is 5.32 Å². The van der Waals surface area contributed by atoms with E-state index in [0.29, 0.717) is 24.5 Å². The van der Waals surface area contributed by atoms with Gasteiger partial charge in [0.05, 0.1) is 9.79 Å². The molecule has 10 heteroatoms. The lowest BCUT2D eigenvalue weighted by atomic mass is 10.2. The average Bonchev–Trinajstić information content (AvgIpc) is 2.74. The molecule has 1 saturated heterocycles. The highest BCUT2D eigenvalue weighted by Gasteiger charge is 2.26. The molecule has 31 heavy (non-hydrogen) atoms. The third-order valence-electron chi connectivity index (χ3n) is 5.06. The number of aryl methyl sites for hydroxylation is 1. The van der Waals surface area contributed by atoms with Crippen LogP contribution in [-0.2, 0) is 24.7 Å². The predicted octanol–water partition coefficient (Wildman–Crippen LogP) is 2.59. The van der Waals surface area contributed by atoms with Gasteiger partial charge in [0.2, 0.25) is 10.0 Å². The number of nitrogens with one attached hydrogen (secondary N) is 1. The number of ether oxygens (including phenoxy) is 1. The lowest BCUT2D eigenvalue weighted by Gasteiger charge is -2.26. The van der Waals surface area contributed by atoms with Gasteiger partial charge < -0.3 is 10.1 Å². The van der Waals surface area contributed by atoms with E-state index in [1.54, 1.807) is 19.1 Å². The summed E-state index contributed by atoms with van der Waals surface area (Å²) < 4.78 is 55.7. The van der Waals surface area contributed by atoms with Gasteiger partial charge >= 0.3 is 0 Å². The molecule has 0 spiro atoms. The van der Waals surface area contributed by atoms with Crippen LogP contribution in [0, 0.1) is 6.92 Å². The number of nitrogens with zero attached hydrogens (tertiary/aromatic N) is 1. The van der Waals surface area contributed by atoms with Gasteiger partial charge in [0.15, 0.2) is 16.4 Å². The number of hydrogen-bond donors (Lipinski definition) is 1. The monoisotopic (exact) mass is 466 g/mol. The first-order valence-corrected chi connectivity index (χ1v) is 13.2. The fraction of sp³-hybridized carbons (Fsp3) is 0.381.